The molecule has 0 spiro atoms. The second-order valence-corrected chi connectivity index (χ2v) is 6.71. The zero-order chi connectivity index (χ0) is 15.5. The molecule has 0 saturated heterocycles. The average molecular weight is 301 g/mol. The first-order valence-corrected chi connectivity index (χ1v) is 8.12. The van der Waals surface area contributed by atoms with Crippen LogP contribution in [0.4, 0.5) is 5.69 Å². The van der Waals surface area contributed by atoms with Crippen LogP contribution in [0.5, 0.6) is 0 Å². The number of hydrogen-bond acceptors (Lipinski definition) is 3. The van der Waals surface area contributed by atoms with Crippen molar-refractivity contribution in [3.8, 4) is 0 Å². The van der Waals surface area contributed by atoms with Crippen LogP contribution in [-0.2, 0) is 14.3 Å². The van der Waals surface area contributed by atoms with Crippen LogP contribution in [0.3, 0.4) is 0 Å². The average Bonchev–Trinajstić information content (AvgIpc) is 3.10. The van der Waals surface area contributed by atoms with Gasteiger partial charge in [0.2, 0.25) is 0 Å². The lowest BCUT2D eigenvalue weighted by molar-refractivity contribution is -0.148. The zero-order valence-corrected chi connectivity index (χ0v) is 13.0. The first kappa shape index (κ1) is 15.1. The van der Waals surface area contributed by atoms with Crippen molar-refractivity contribution in [1.29, 1.82) is 0 Å². The number of ether oxygens (including phenoxy) is 1. The number of hydrogen-bond donors (Lipinski definition) is 1. The number of anilines is 1. The number of aryl methyl sites for hydroxylation is 1. The van der Waals surface area contributed by atoms with Gasteiger partial charge in [-0.3, -0.25) is 9.59 Å². The molecule has 118 valence electrons. The van der Waals surface area contributed by atoms with Crippen molar-refractivity contribution in [1.82, 2.24) is 0 Å². The Morgan fingerprint density at radius 2 is 1.95 bits per heavy atom. The van der Waals surface area contributed by atoms with Gasteiger partial charge in [0.1, 0.15) is 0 Å². The number of benzene rings is 1. The molecular formula is C18H23NO3. The molecule has 2 fully saturated rings. The predicted octanol–water partition coefficient (Wildman–Crippen LogP) is 3.30. The summed E-state index contributed by atoms with van der Waals surface area (Å²) in [6.45, 7) is 1.79. The highest BCUT2D eigenvalue weighted by atomic mass is 16.5. The summed E-state index contributed by atoms with van der Waals surface area (Å²) >= 11 is 0. The second kappa shape index (κ2) is 6.51. The number of carbonyl (C=O) groups is 2. The van der Waals surface area contributed by atoms with E-state index in [2.05, 4.69) is 5.32 Å². The molecule has 3 atom stereocenters. The fourth-order valence-corrected chi connectivity index (χ4v) is 3.88. The Labute approximate surface area is 131 Å². The first-order valence-electron chi connectivity index (χ1n) is 8.12. The molecule has 1 aromatic carbocycles. The molecule has 2 aliphatic rings. The molecule has 1 amide bonds. The maximum atomic E-state index is 11.9. The van der Waals surface area contributed by atoms with E-state index in [0.717, 1.165) is 23.6 Å². The third kappa shape index (κ3) is 3.67. The third-order valence-electron chi connectivity index (χ3n) is 5.01. The van der Waals surface area contributed by atoms with Crippen LogP contribution >= 0.6 is 0 Å². The lowest BCUT2D eigenvalue weighted by atomic mass is 9.86. The van der Waals surface area contributed by atoms with Crippen LogP contribution in [0.25, 0.3) is 0 Å². The van der Waals surface area contributed by atoms with E-state index < -0.39 is 0 Å². The number of nitrogens with one attached hydrogen (secondary N) is 1. The quantitative estimate of drug-likeness (QED) is 0.849. The van der Waals surface area contributed by atoms with Crippen molar-refractivity contribution in [2.75, 3.05) is 11.9 Å². The van der Waals surface area contributed by atoms with E-state index in [9.17, 15) is 9.59 Å². The predicted molar refractivity (Wildman–Crippen MR) is 84.3 cm³/mol. The smallest absolute Gasteiger partial charge is 0.306 e. The topological polar surface area (TPSA) is 55.4 Å². The maximum absolute atomic E-state index is 11.9. The number of fused-ring (bicyclic) bond motifs is 2. The fraction of sp³-hybridized carbons (Fsp3) is 0.556. The van der Waals surface area contributed by atoms with E-state index in [0.29, 0.717) is 18.3 Å². The Balaban J connectivity index is 1.39. The monoisotopic (exact) mass is 301 g/mol. The van der Waals surface area contributed by atoms with Gasteiger partial charge in [0.15, 0.2) is 6.61 Å². The molecule has 0 radical (unpaired) electrons. The summed E-state index contributed by atoms with van der Waals surface area (Å²) in [6.07, 6.45) is 5.51. The van der Waals surface area contributed by atoms with Crippen LogP contribution in [-0.4, -0.2) is 18.5 Å². The Bertz CT molecular complexity index is 552. The van der Waals surface area contributed by atoms with E-state index in [-0.39, 0.29) is 18.5 Å². The van der Waals surface area contributed by atoms with Crippen molar-refractivity contribution in [3.05, 3.63) is 29.8 Å². The van der Waals surface area contributed by atoms with Gasteiger partial charge in [0.25, 0.3) is 5.91 Å². The van der Waals surface area contributed by atoms with Crippen LogP contribution in [0, 0.1) is 24.7 Å². The van der Waals surface area contributed by atoms with Crippen molar-refractivity contribution < 1.29 is 14.3 Å². The first-order chi connectivity index (χ1) is 10.6. The maximum Gasteiger partial charge on any atom is 0.306 e. The molecule has 22 heavy (non-hydrogen) atoms. The van der Waals surface area contributed by atoms with Crippen molar-refractivity contribution in [2.45, 2.75) is 39.0 Å². The van der Waals surface area contributed by atoms with Crippen molar-refractivity contribution in [2.24, 2.45) is 17.8 Å². The molecule has 0 aliphatic heterocycles. The van der Waals surface area contributed by atoms with E-state index in [1.54, 1.807) is 0 Å². The Morgan fingerprint density at radius 3 is 2.59 bits per heavy atom. The number of rotatable bonds is 5. The molecule has 2 aliphatic carbocycles. The van der Waals surface area contributed by atoms with Gasteiger partial charge in [-0.15, -0.1) is 0 Å². The highest BCUT2D eigenvalue weighted by Crippen LogP contribution is 2.49. The lowest BCUT2D eigenvalue weighted by Gasteiger charge is -2.20. The third-order valence-corrected chi connectivity index (χ3v) is 5.01. The molecule has 2 saturated carbocycles. The Kier molecular flexibility index (Phi) is 4.46. The summed E-state index contributed by atoms with van der Waals surface area (Å²) in [5.41, 5.74) is 1.86. The van der Waals surface area contributed by atoms with Gasteiger partial charge < -0.3 is 10.1 Å². The molecule has 3 rings (SSSR count). The van der Waals surface area contributed by atoms with Gasteiger partial charge in [-0.2, -0.15) is 0 Å². The Morgan fingerprint density at radius 1 is 1.18 bits per heavy atom. The largest absolute Gasteiger partial charge is 0.456 e. The number of carbonyl (C=O) groups excluding carboxylic acids is 2. The Hall–Kier alpha value is -1.84. The van der Waals surface area contributed by atoms with Crippen molar-refractivity contribution in [3.63, 3.8) is 0 Å². The van der Waals surface area contributed by atoms with E-state index in [1.165, 1.54) is 19.3 Å². The SMILES string of the molecule is Cc1ccc(NC(=O)COC(=O)CC2CC3CCC2C3)cc1. The van der Waals surface area contributed by atoms with Crippen LogP contribution in [0.1, 0.15) is 37.7 Å². The molecule has 2 bridgehead atoms. The number of amides is 1. The molecule has 4 nitrogen and oxygen atoms in total. The number of esters is 1. The summed E-state index contributed by atoms with van der Waals surface area (Å²) in [5, 5.41) is 2.73. The zero-order valence-electron chi connectivity index (χ0n) is 13.0. The van der Waals surface area contributed by atoms with E-state index in [4.69, 9.17) is 4.74 Å². The fourth-order valence-electron chi connectivity index (χ4n) is 3.88. The van der Waals surface area contributed by atoms with Gasteiger partial charge in [0, 0.05) is 12.1 Å². The van der Waals surface area contributed by atoms with Gasteiger partial charge in [-0.05, 0) is 56.1 Å². The summed E-state index contributed by atoms with van der Waals surface area (Å²) in [4.78, 5) is 23.7. The normalized spacial score (nSPS) is 26.0. The molecule has 0 heterocycles. The van der Waals surface area contributed by atoms with Crippen LogP contribution in [0.2, 0.25) is 0 Å². The van der Waals surface area contributed by atoms with Gasteiger partial charge in [-0.1, -0.05) is 24.1 Å². The summed E-state index contributed by atoms with van der Waals surface area (Å²) < 4.78 is 5.12. The standard InChI is InChI=1S/C18H23NO3/c1-12-2-6-16(7-3-12)19-17(20)11-22-18(21)10-15-9-13-4-5-14(15)8-13/h2-3,6-7,13-15H,4-5,8-11H2,1H3,(H,19,20). The van der Waals surface area contributed by atoms with Gasteiger partial charge >= 0.3 is 5.97 Å². The molecule has 3 unspecified atom stereocenters. The lowest BCUT2D eigenvalue weighted by Crippen LogP contribution is -2.23. The van der Waals surface area contributed by atoms with Crippen LogP contribution < -0.4 is 5.32 Å². The van der Waals surface area contributed by atoms with Crippen molar-refractivity contribution >= 4 is 17.6 Å². The molecule has 1 N–H and O–H groups in total. The molecule has 4 heteroatoms. The highest BCUT2D eigenvalue weighted by molar-refractivity contribution is 5.92. The summed E-state index contributed by atoms with van der Waals surface area (Å²) in [7, 11) is 0. The second-order valence-electron chi connectivity index (χ2n) is 6.71. The van der Waals surface area contributed by atoms with Crippen LogP contribution in [0.15, 0.2) is 24.3 Å². The minimum Gasteiger partial charge on any atom is -0.456 e. The van der Waals surface area contributed by atoms with E-state index in [1.807, 2.05) is 31.2 Å². The molecule has 0 aromatic heterocycles. The summed E-state index contributed by atoms with van der Waals surface area (Å²) in [5.74, 6) is 1.49. The molecular weight excluding hydrogens is 278 g/mol. The highest BCUT2D eigenvalue weighted by Gasteiger charge is 2.40. The van der Waals surface area contributed by atoms with E-state index >= 15 is 0 Å². The summed E-state index contributed by atoms with van der Waals surface area (Å²) in [6, 6.07) is 7.53. The van der Waals surface area contributed by atoms with Gasteiger partial charge in [0.05, 0.1) is 0 Å². The van der Waals surface area contributed by atoms with Gasteiger partial charge in [-0.25, -0.2) is 0 Å². The minimum atomic E-state index is -0.287. The minimum absolute atomic E-state index is 0.201. The molecule has 1 aromatic rings.